The number of carbonyl (C=O) groups excluding carboxylic acids is 3. The first-order valence-electron chi connectivity index (χ1n) is 12.7. The van der Waals surface area contributed by atoms with Gasteiger partial charge < -0.3 is 24.7 Å². The number of fused-ring (bicyclic) bond motifs is 1. The van der Waals surface area contributed by atoms with Crippen LogP contribution in [-0.2, 0) is 19.1 Å². The Morgan fingerprint density at radius 3 is 2.24 bits per heavy atom. The van der Waals surface area contributed by atoms with Crippen molar-refractivity contribution < 1.29 is 33.3 Å². The van der Waals surface area contributed by atoms with E-state index in [4.69, 9.17) is 36.3 Å². The van der Waals surface area contributed by atoms with Gasteiger partial charge in [-0.05, 0) is 23.8 Å². The lowest BCUT2D eigenvalue weighted by Gasteiger charge is -2.37. The number of carbonyl (C=O) groups is 3. The minimum atomic E-state index is -1.07. The largest absolute Gasteiger partial charge is 0.486 e. The Kier molecular flexibility index (Phi) is 7.86. The Bertz CT molecular complexity index is 1710. The number of allylic oxidation sites excluding steroid dienone is 1. The van der Waals surface area contributed by atoms with Gasteiger partial charge in [0.2, 0.25) is 0 Å². The summed E-state index contributed by atoms with van der Waals surface area (Å²) >= 11 is 6.18. The van der Waals surface area contributed by atoms with E-state index in [2.05, 4.69) is 6.07 Å². The van der Waals surface area contributed by atoms with Crippen LogP contribution in [0.3, 0.4) is 0 Å². The standard InChI is InChI=1S/C31H24ClN3O7/c1-39-30(37)26-25(17-7-4-3-5-8-17)21(16-33)29(34)35(27(26)31(38)40-2)22-15-24-23(41-11-12-42-24)14-20(22)28(36)18-9-6-10-19(32)13-18/h3-10,13-15,25H,11-12,34H2,1-2H3. The Labute approximate surface area is 246 Å². The average Bonchev–Trinajstić information content (AvgIpc) is 3.02. The van der Waals surface area contributed by atoms with Crippen LogP contribution < -0.4 is 20.1 Å². The molecule has 0 saturated heterocycles. The first kappa shape index (κ1) is 28.3. The van der Waals surface area contributed by atoms with E-state index < -0.39 is 23.6 Å². The van der Waals surface area contributed by atoms with Crippen molar-refractivity contribution in [2.24, 2.45) is 5.73 Å². The second kappa shape index (κ2) is 11.7. The topological polar surface area (TPSA) is 141 Å². The number of esters is 2. The quantitative estimate of drug-likeness (QED) is 0.330. The molecule has 2 aliphatic heterocycles. The van der Waals surface area contributed by atoms with Crippen molar-refractivity contribution in [1.29, 1.82) is 5.26 Å². The maximum absolute atomic E-state index is 14.0. The highest BCUT2D eigenvalue weighted by molar-refractivity contribution is 6.31. The van der Waals surface area contributed by atoms with Crippen LogP contribution in [0, 0.1) is 11.3 Å². The molecule has 10 nitrogen and oxygen atoms in total. The van der Waals surface area contributed by atoms with Crippen LogP contribution in [0.1, 0.15) is 27.4 Å². The number of ether oxygens (including phenoxy) is 4. The third kappa shape index (κ3) is 4.91. The van der Waals surface area contributed by atoms with Crippen molar-refractivity contribution in [3.05, 3.63) is 111 Å². The smallest absolute Gasteiger partial charge is 0.355 e. The predicted octanol–water partition coefficient (Wildman–Crippen LogP) is 4.24. The number of hydrogen-bond donors (Lipinski definition) is 1. The molecule has 0 saturated carbocycles. The van der Waals surface area contributed by atoms with Gasteiger partial charge in [0.05, 0.1) is 48.6 Å². The third-order valence-corrected chi connectivity index (χ3v) is 7.08. The molecule has 1 unspecified atom stereocenters. The molecule has 0 amide bonds. The molecular formula is C31H24ClN3O7. The molecule has 0 aromatic heterocycles. The maximum atomic E-state index is 14.0. The zero-order valence-corrected chi connectivity index (χ0v) is 23.3. The van der Waals surface area contributed by atoms with Gasteiger partial charge in [-0.1, -0.05) is 54.1 Å². The molecule has 11 heteroatoms. The van der Waals surface area contributed by atoms with Crippen molar-refractivity contribution in [3.8, 4) is 17.6 Å². The van der Waals surface area contributed by atoms with E-state index in [0.717, 1.165) is 19.1 Å². The van der Waals surface area contributed by atoms with E-state index in [1.807, 2.05) is 0 Å². The zero-order chi connectivity index (χ0) is 30.0. The van der Waals surface area contributed by atoms with Crippen molar-refractivity contribution in [3.63, 3.8) is 0 Å². The summed E-state index contributed by atoms with van der Waals surface area (Å²) in [5, 5.41) is 10.7. The van der Waals surface area contributed by atoms with Crippen molar-refractivity contribution in [2.45, 2.75) is 5.92 Å². The van der Waals surface area contributed by atoms with Gasteiger partial charge in [-0.15, -0.1) is 0 Å². The minimum absolute atomic E-state index is 0.0329. The van der Waals surface area contributed by atoms with E-state index in [9.17, 15) is 19.6 Å². The average molecular weight is 586 g/mol. The van der Waals surface area contributed by atoms with Gasteiger partial charge >= 0.3 is 11.9 Å². The monoisotopic (exact) mass is 585 g/mol. The second-order valence-corrected chi connectivity index (χ2v) is 9.62. The van der Waals surface area contributed by atoms with Crippen LogP contribution in [-0.4, -0.2) is 45.2 Å². The fourth-order valence-corrected chi connectivity index (χ4v) is 5.18. The Balaban J connectivity index is 1.86. The van der Waals surface area contributed by atoms with E-state index in [1.54, 1.807) is 48.5 Å². The van der Waals surface area contributed by atoms with Gasteiger partial charge in [0.1, 0.15) is 24.7 Å². The van der Waals surface area contributed by atoms with E-state index >= 15 is 0 Å². The van der Waals surface area contributed by atoms with Gasteiger partial charge in [-0.25, -0.2) is 9.59 Å². The van der Waals surface area contributed by atoms with Crippen LogP contribution in [0.15, 0.2) is 89.4 Å². The molecule has 2 aliphatic rings. The Hall–Kier alpha value is -5.27. The number of nitriles is 1. The summed E-state index contributed by atoms with van der Waals surface area (Å²) in [6, 6.07) is 19.9. The van der Waals surface area contributed by atoms with Gasteiger partial charge in [0.25, 0.3) is 0 Å². The molecule has 0 fully saturated rings. The summed E-state index contributed by atoms with van der Waals surface area (Å²) in [5.41, 5.74) is 6.92. The summed E-state index contributed by atoms with van der Waals surface area (Å²) in [6.45, 7) is 0.478. The van der Waals surface area contributed by atoms with Crippen LogP contribution in [0.4, 0.5) is 5.69 Å². The number of nitrogens with zero attached hydrogens (tertiary/aromatic N) is 2. The molecule has 2 heterocycles. The number of methoxy groups -OCH3 is 2. The van der Waals surface area contributed by atoms with E-state index in [1.165, 1.54) is 18.2 Å². The molecule has 0 spiro atoms. The molecule has 0 aliphatic carbocycles. The fourth-order valence-electron chi connectivity index (χ4n) is 4.99. The Morgan fingerprint density at radius 2 is 1.62 bits per heavy atom. The molecule has 212 valence electrons. The number of anilines is 1. The van der Waals surface area contributed by atoms with Crippen molar-refractivity contribution >= 4 is 35.0 Å². The van der Waals surface area contributed by atoms with Gasteiger partial charge in [0, 0.05) is 16.7 Å². The van der Waals surface area contributed by atoms with Gasteiger partial charge in [-0.2, -0.15) is 5.26 Å². The number of halogens is 1. The lowest BCUT2D eigenvalue weighted by Crippen LogP contribution is -2.41. The van der Waals surface area contributed by atoms with Crippen LogP contribution in [0.2, 0.25) is 5.02 Å². The van der Waals surface area contributed by atoms with Gasteiger partial charge in [-0.3, -0.25) is 9.69 Å². The highest BCUT2D eigenvalue weighted by atomic mass is 35.5. The number of nitrogens with two attached hydrogens (primary N) is 1. The van der Waals surface area contributed by atoms with Crippen LogP contribution >= 0.6 is 11.6 Å². The normalized spacial score (nSPS) is 16.0. The third-order valence-electron chi connectivity index (χ3n) is 6.84. The molecule has 1 atom stereocenters. The summed E-state index contributed by atoms with van der Waals surface area (Å²) < 4.78 is 21.7. The first-order valence-corrected chi connectivity index (χ1v) is 13.1. The summed E-state index contributed by atoms with van der Waals surface area (Å²) in [6.07, 6.45) is 0. The minimum Gasteiger partial charge on any atom is -0.486 e. The fraction of sp³-hybridized carbons (Fsp3) is 0.161. The Morgan fingerprint density at radius 1 is 0.952 bits per heavy atom. The molecule has 5 rings (SSSR count). The highest BCUT2D eigenvalue weighted by Crippen LogP contribution is 2.46. The molecule has 3 aromatic carbocycles. The number of rotatable bonds is 6. The predicted molar refractivity (Wildman–Crippen MR) is 152 cm³/mol. The van der Waals surface area contributed by atoms with Crippen molar-refractivity contribution in [1.82, 2.24) is 0 Å². The van der Waals surface area contributed by atoms with Crippen molar-refractivity contribution in [2.75, 3.05) is 32.3 Å². The van der Waals surface area contributed by atoms with Crippen LogP contribution in [0.25, 0.3) is 0 Å². The van der Waals surface area contributed by atoms with Crippen LogP contribution in [0.5, 0.6) is 11.5 Å². The molecule has 42 heavy (non-hydrogen) atoms. The molecule has 0 radical (unpaired) electrons. The summed E-state index contributed by atoms with van der Waals surface area (Å²) in [5.74, 6) is -3.06. The summed E-state index contributed by atoms with van der Waals surface area (Å²) in [7, 11) is 2.30. The summed E-state index contributed by atoms with van der Waals surface area (Å²) in [4.78, 5) is 42.1. The van der Waals surface area contributed by atoms with E-state index in [-0.39, 0.29) is 64.2 Å². The van der Waals surface area contributed by atoms with Gasteiger partial charge in [0.15, 0.2) is 17.3 Å². The SMILES string of the molecule is COC(=O)C1=C(C(=O)OC)N(c2cc3c(cc2C(=O)c2cccc(Cl)c2)OCCO3)C(N)=C(C#N)C1c1ccccc1. The molecule has 0 bridgehead atoms. The number of benzene rings is 3. The number of ketones is 1. The number of hydrogen-bond acceptors (Lipinski definition) is 10. The first-order chi connectivity index (χ1) is 20.3. The highest BCUT2D eigenvalue weighted by Gasteiger charge is 2.44. The lowest BCUT2D eigenvalue weighted by molar-refractivity contribution is -0.139. The lowest BCUT2D eigenvalue weighted by atomic mass is 9.80. The molecule has 2 N–H and O–H groups in total. The molecule has 3 aromatic rings. The zero-order valence-electron chi connectivity index (χ0n) is 22.5. The van der Waals surface area contributed by atoms with E-state index in [0.29, 0.717) is 10.6 Å². The maximum Gasteiger partial charge on any atom is 0.355 e. The molecular weight excluding hydrogens is 562 g/mol. The second-order valence-electron chi connectivity index (χ2n) is 9.19.